The molecule has 2 rings (SSSR count). The van der Waals surface area contributed by atoms with E-state index < -0.39 is 0 Å². The number of rotatable bonds is 6. The van der Waals surface area contributed by atoms with Gasteiger partial charge in [0.25, 0.3) is 0 Å². The lowest BCUT2D eigenvalue weighted by Crippen LogP contribution is -2.25. The summed E-state index contributed by atoms with van der Waals surface area (Å²) in [7, 11) is 1.92. The van der Waals surface area contributed by atoms with E-state index in [1.807, 2.05) is 24.0 Å². The van der Waals surface area contributed by atoms with Crippen LogP contribution in [-0.4, -0.2) is 26.3 Å². The lowest BCUT2D eigenvalue weighted by molar-refractivity contribution is 0.505. The zero-order chi connectivity index (χ0) is 12.8. The molecule has 0 fully saturated rings. The summed E-state index contributed by atoms with van der Waals surface area (Å²) in [6, 6.07) is 4.30. The monoisotopic (exact) mass is 245 g/mol. The molecule has 0 amide bonds. The molecular weight excluding hydrogens is 226 g/mol. The van der Waals surface area contributed by atoms with Crippen LogP contribution in [0.1, 0.15) is 30.8 Å². The molecule has 0 aliphatic rings. The fraction of sp³-hybridized carbons (Fsp3) is 0.462. The van der Waals surface area contributed by atoms with Gasteiger partial charge >= 0.3 is 0 Å². The minimum atomic E-state index is 0.238. The molecule has 0 spiro atoms. The Bertz CT molecular complexity index is 465. The zero-order valence-corrected chi connectivity index (χ0v) is 10.9. The summed E-state index contributed by atoms with van der Waals surface area (Å²) in [4.78, 5) is 8.46. The van der Waals surface area contributed by atoms with E-state index in [9.17, 15) is 0 Å². The van der Waals surface area contributed by atoms with Gasteiger partial charge in [-0.3, -0.25) is 9.67 Å². The van der Waals surface area contributed by atoms with Gasteiger partial charge in [-0.1, -0.05) is 13.0 Å². The molecule has 1 atom stereocenters. The van der Waals surface area contributed by atoms with Crippen LogP contribution in [0, 0.1) is 0 Å². The Morgan fingerprint density at radius 3 is 2.94 bits per heavy atom. The minimum absolute atomic E-state index is 0.238. The summed E-state index contributed by atoms with van der Waals surface area (Å²) in [5, 5.41) is 7.64. The van der Waals surface area contributed by atoms with Crippen LogP contribution in [0.25, 0.3) is 0 Å². The highest BCUT2D eigenvalue weighted by Gasteiger charge is 2.14. The second-order valence-electron chi connectivity index (χ2n) is 4.30. The third kappa shape index (κ3) is 3.13. The molecule has 5 nitrogen and oxygen atoms in total. The van der Waals surface area contributed by atoms with E-state index in [1.165, 1.54) is 5.56 Å². The van der Waals surface area contributed by atoms with Crippen molar-refractivity contribution in [3.8, 4) is 0 Å². The maximum absolute atomic E-state index is 4.28. The summed E-state index contributed by atoms with van der Waals surface area (Å²) in [6.07, 6.45) is 7.22. The van der Waals surface area contributed by atoms with Crippen LogP contribution in [0.15, 0.2) is 30.9 Å². The molecule has 0 saturated carbocycles. The van der Waals surface area contributed by atoms with Crippen LogP contribution in [0.4, 0.5) is 0 Å². The van der Waals surface area contributed by atoms with Crippen molar-refractivity contribution >= 4 is 0 Å². The number of pyridine rings is 1. The Hall–Kier alpha value is -1.75. The molecule has 2 aromatic heterocycles. The number of aryl methyl sites for hydroxylation is 1. The summed E-state index contributed by atoms with van der Waals surface area (Å²) < 4.78 is 1.82. The second-order valence-corrected chi connectivity index (χ2v) is 4.30. The molecule has 1 N–H and O–H groups in total. The Kier molecular flexibility index (Phi) is 4.41. The predicted octanol–water partition coefficient (Wildman–Crippen LogP) is 1.49. The Labute approximate surface area is 107 Å². The SMILES string of the molecule is CCCNC(Cc1ncnn1C)c1cccnc1. The number of aromatic nitrogens is 4. The molecule has 5 heteroatoms. The fourth-order valence-electron chi connectivity index (χ4n) is 1.90. The molecule has 0 aliphatic carbocycles. The molecule has 0 radical (unpaired) electrons. The van der Waals surface area contributed by atoms with Crippen LogP contribution in [0.5, 0.6) is 0 Å². The van der Waals surface area contributed by atoms with Gasteiger partial charge in [-0.25, -0.2) is 4.98 Å². The largest absolute Gasteiger partial charge is 0.310 e. The Balaban J connectivity index is 2.13. The van der Waals surface area contributed by atoms with E-state index in [1.54, 1.807) is 12.5 Å². The van der Waals surface area contributed by atoms with Crippen LogP contribution >= 0.6 is 0 Å². The molecule has 2 heterocycles. The van der Waals surface area contributed by atoms with E-state index in [0.717, 1.165) is 25.2 Å². The topological polar surface area (TPSA) is 55.6 Å². The highest BCUT2D eigenvalue weighted by atomic mass is 15.3. The van der Waals surface area contributed by atoms with Gasteiger partial charge in [0.15, 0.2) is 0 Å². The quantitative estimate of drug-likeness (QED) is 0.838. The van der Waals surface area contributed by atoms with Crippen molar-refractivity contribution in [1.29, 1.82) is 0 Å². The standard InChI is InChI=1S/C13H19N5/c1-3-6-15-12(11-5-4-7-14-9-11)8-13-16-10-17-18(13)2/h4-5,7,9-10,12,15H,3,6,8H2,1-2H3. The van der Waals surface area contributed by atoms with Crippen molar-refractivity contribution in [3.63, 3.8) is 0 Å². The smallest absolute Gasteiger partial charge is 0.138 e. The van der Waals surface area contributed by atoms with Crippen LogP contribution in [-0.2, 0) is 13.5 Å². The summed E-state index contributed by atoms with van der Waals surface area (Å²) in [5.41, 5.74) is 1.19. The number of hydrogen-bond donors (Lipinski definition) is 1. The number of nitrogens with zero attached hydrogens (tertiary/aromatic N) is 4. The molecule has 0 saturated heterocycles. The Morgan fingerprint density at radius 1 is 1.44 bits per heavy atom. The van der Waals surface area contributed by atoms with E-state index in [4.69, 9.17) is 0 Å². The summed E-state index contributed by atoms with van der Waals surface area (Å²) in [6.45, 7) is 3.15. The molecule has 0 bridgehead atoms. The number of hydrogen-bond acceptors (Lipinski definition) is 4. The second kappa shape index (κ2) is 6.26. The molecule has 18 heavy (non-hydrogen) atoms. The maximum Gasteiger partial charge on any atom is 0.138 e. The van der Waals surface area contributed by atoms with Gasteiger partial charge in [-0.2, -0.15) is 5.10 Å². The summed E-state index contributed by atoms with van der Waals surface area (Å²) >= 11 is 0. The van der Waals surface area contributed by atoms with Crippen molar-refractivity contribution < 1.29 is 0 Å². The van der Waals surface area contributed by atoms with Crippen molar-refractivity contribution in [2.75, 3.05) is 6.54 Å². The Morgan fingerprint density at radius 2 is 2.33 bits per heavy atom. The zero-order valence-electron chi connectivity index (χ0n) is 10.9. The first-order valence-corrected chi connectivity index (χ1v) is 6.27. The molecule has 2 aromatic rings. The average molecular weight is 245 g/mol. The lowest BCUT2D eigenvalue weighted by Gasteiger charge is -2.18. The lowest BCUT2D eigenvalue weighted by atomic mass is 10.1. The maximum atomic E-state index is 4.28. The van der Waals surface area contributed by atoms with Gasteiger partial charge in [0, 0.05) is 31.9 Å². The van der Waals surface area contributed by atoms with Gasteiger partial charge < -0.3 is 5.32 Å². The van der Waals surface area contributed by atoms with Crippen LogP contribution in [0.2, 0.25) is 0 Å². The normalized spacial score (nSPS) is 12.6. The highest BCUT2D eigenvalue weighted by Crippen LogP contribution is 2.15. The molecular formula is C13H19N5. The minimum Gasteiger partial charge on any atom is -0.310 e. The number of nitrogens with one attached hydrogen (secondary N) is 1. The van der Waals surface area contributed by atoms with Crippen molar-refractivity contribution in [3.05, 3.63) is 42.2 Å². The van der Waals surface area contributed by atoms with Crippen molar-refractivity contribution in [2.45, 2.75) is 25.8 Å². The highest BCUT2D eigenvalue weighted by molar-refractivity contribution is 5.15. The van der Waals surface area contributed by atoms with E-state index in [-0.39, 0.29) is 6.04 Å². The van der Waals surface area contributed by atoms with E-state index in [0.29, 0.717) is 0 Å². The molecule has 0 aromatic carbocycles. The first kappa shape index (κ1) is 12.7. The van der Waals surface area contributed by atoms with Gasteiger partial charge in [-0.05, 0) is 24.6 Å². The third-order valence-electron chi connectivity index (χ3n) is 2.92. The van der Waals surface area contributed by atoms with Crippen molar-refractivity contribution in [1.82, 2.24) is 25.1 Å². The van der Waals surface area contributed by atoms with Crippen molar-refractivity contribution in [2.24, 2.45) is 7.05 Å². The fourth-order valence-corrected chi connectivity index (χ4v) is 1.90. The first-order chi connectivity index (χ1) is 8.81. The van der Waals surface area contributed by atoms with Gasteiger partial charge in [0.05, 0.1) is 0 Å². The molecule has 96 valence electrons. The van der Waals surface area contributed by atoms with Gasteiger partial charge in [-0.15, -0.1) is 0 Å². The van der Waals surface area contributed by atoms with E-state index >= 15 is 0 Å². The van der Waals surface area contributed by atoms with Gasteiger partial charge in [0.1, 0.15) is 12.2 Å². The molecule has 1 unspecified atom stereocenters. The third-order valence-corrected chi connectivity index (χ3v) is 2.92. The van der Waals surface area contributed by atoms with Crippen LogP contribution < -0.4 is 5.32 Å². The van der Waals surface area contributed by atoms with Crippen LogP contribution in [0.3, 0.4) is 0 Å². The summed E-state index contributed by atoms with van der Waals surface area (Å²) in [5.74, 6) is 0.979. The molecule has 0 aliphatic heterocycles. The average Bonchev–Trinajstić information content (AvgIpc) is 2.81. The van der Waals surface area contributed by atoms with E-state index in [2.05, 4.69) is 33.4 Å². The predicted molar refractivity (Wildman–Crippen MR) is 70.0 cm³/mol. The van der Waals surface area contributed by atoms with Gasteiger partial charge in [0.2, 0.25) is 0 Å². The first-order valence-electron chi connectivity index (χ1n) is 6.27.